The van der Waals surface area contributed by atoms with E-state index in [1.807, 2.05) is 12.1 Å². The Bertz CT molecular complexity index is 274. The Morgan fingerprint density at radius 2 is 1.60 bits per heavy atom. The predicted octanol–water partition coefficient (Wildman–Crippen LogP) is 4.76. The summed E-state index contributed by atoms with van der Waals surface area (Å²) in [6.07, 6.45) is 3.74. The van der Waals surface area contributed by atoms with Crippen LogP contribution in [0.15, 0.2) is 24.3 Å². The summed E-state index contributed by atoms with van der Waals surface area (Å²) in [6.45, 7) is 6.72. The van der Waals surface area contributed by atoms with Crippen LogP contribution in [0.4, 0.5) is 4.39 Å². The van der Waals surface area contributed by atoms with E-state index in [0.29, 0.717) is 5.92 Å². The minimum absolute atomic E-state index is 0.145. The molecule has 1 unspecified atom stereocenters. The van der Waals surface area contributed by atoms with Gasteiger partial charge in [-0.2, -0.15) is 0 Å². The minimum atomic E-state index is -0.145. The van der Waals surface area contributed by atoms with Crippen LogP contribution in [-0.4, -0.2) is 0 Å². The summed E-state index contributed by atoms with van der Waals surface area (Å²) in [4.78, 5) is 0. The van der Waals surface area contributed by atoms with Gasteiger partial charge in [0.1, 0.15) is 5.82 Å². The van der Waals surface area contributed by atoms with E-state index in [1.165, 1.54) is 24.8 Å². The summed E-state index contributed by atoms with van der Waals surface area (Å²) in [6, 6.07) is 6.90. The van der Waals surface area contributed by atoms with Crippen molar-refractivity contribution in [1.82, 2.24) is 0 Å². The first-order chi connectivity index (χ1) is 7.09. The second-order valence-electron chi connectivity index (χ2n) is 4.78. The van der Waals surface area contributed by atoms with Crippen LogP contribution < -0.4 is 0 Å². The molecule has 0 aliphatic carbocycles. The summed E-state index contributed by atoms with van der Waals surface area (Å²) in [5, 5.41) is 0. The van der Waals surface area contributed by atoms with Crippen molar-refractivity contribution in [1.29, 1.82) is 0 Å². The third kappa shape index (κ3) is 4.46. The smallest absolute Gasteiger partial charge is 0.123 e. The molecule has 1 rings (SSSR count). The molecular formula is C14H21F. The zero-order chi connectivity index (χ0) is 11.3. The van der Waals surface area contributed by atoms with Crippen LogP contribution in [0.5, 0.6) is 0 Å². The van der Waals surface area contributed by atoms with E-state index in [4.69, 9.17) is 0 Å². The van der Waals surface area contributed by atoms with Crippen LogP contribution in [0.25, 0.3) is 0 Å². The molecule has 1 atom stereocenters. The van der Waals surface area contributed by atoms with E-state index in [2.05, 4.69) is 20.8 Å². The molecule has 1 heteroatoms. The molecule has 0 amide bonds. The molecule has 0 aliphatic heterocycles. The lowest BCUT2D eigenvalue weighted by molar-refractivity contribution is 0.512. The van der Waals surface area contributed by atoms with E-state index >= 15 is 0 Å². The highest BCUT2D eigenvalue weighted by molar-refractivity contribution is 5.19. The quantitative estimate of drug-likeness (QED) is 0.654. The summed E-state index contributed by atoms with van der Waals surface area (Å²) in [5.41, 5.74) is 1.25. The van der Waals surface area contributed by atoms with E-state index in [0.717, 1.165) is 5.92 Å². The minimum Gasteiger partial charge on any atom is -0.207 e. The van der Waals surface area contributed by atoms with Crippen LogP contribution in [0.3, 0.4) is 0 Å². The zero-order valence-electron chi connectivity index (χ0n) is 9.96. The molecule has 15 heavy (non-hydrogen) atoms. The molecule has 0 spiro atoms. The lowest BCUT2D eigenvalue weighted by atomic mass is 9.94. The maximum atomic E-state index is 12.7. The number of hydrogen-bond acceptors (Lipinski definition) is 0. The van der Waals surface area contributed by atoms with Crippen LogP contribution in [0.1, 0.15) is 51.5 Å². The van der Waals surface area contributed by atoms with E-state index < -0.39 is 0 Å². The Kier molecular flexibility index (Phi) is 4.80. The predicted molar refractivity (Wildman–Crippen MR) is 63.5 cm³/mol. The van der Waals surface area contributed by atoms with Gasteiger partial charge in [0, 0.05) is 0 Å². The van der Waals surface area contributed by atoms with Crippen molar-refractivity contribution >= 4 is 0 Å². The largest absolute Gasteiger partial charge is 0.207 e. The van der Waals surface area contributed by atoms with Gasteiger partial charge in [0.2, 0.25) is 0 Å². The van der Waals surface area contributed by atoms with Gasteiger partial charge in [0.25, 0.3) is 0 Å². The van der Waals surface area contributed by atoms with Crippen molar-refractivity contribution in [3.63, 3.8) is 0 Å². The first-order valence-corrected chi connectivity index (χ1v) is 5.85. The fraction of sp³-hybridized carbons (Fsp3) is 0.571. The van der Waals surface area contributed by atoms with Gasteiger partial charge in [-0.1, -0.05) is 45.7 Å². The third-order valence-corrected chi connectivity index (χ3v) is 2.86. The van der Waals surface area contributed by atoms with Crippen molar-refractivity contribution in [2.45, 2.75) is 46.0 Å². The van der Waals surface area contributed by atoms with E-state index in [1.54, 1.807) is 12.1 Å². The maximum Gasteiger partial charge on any atom is 0.123 e. The molecule has 0 nitrogen and oxygen atoms in total. The monoisotopic (exact) mass is 208 g/mol. The summed E-state index contributed by atoms with van der Waals surface area (Å²) in [5.74, 6) is 1.18. The average Bonchev–Trinajstić information content (AvgIpc) is 2.18. The number of hydrogen-bond donors (Lipinski definition) is 0. The van der Waals surface area contributed by atoms with Crippen LogP contribution in [-0.2, 0) is 0 Å². The Morgan fingerprint density at radius 3 is 2.13 bits per heavy atom. The molecule has 0 bridgehead atoms. The average molecular weight is 208 g/mol. The first-order valence-electron chi connectivity index (χ1n) is 5.85. The topological polar surface area (TPSA) is 0 Å². The Labute approximate surface area is 92.5 Å². The van der Waals surface area contributed by atoms with Crippen molar-refractivity contribution in [2.24, 2.45) is 5.92 Å². The zero-order valence-corrected chi connectivity index (χ0v) is 9.96. The van der Waals surface area contributed by atoms with E-state index in [-0.39, 0.29) is 5.82 Å². The van der Waals surface area contributed by atoms with Crippen LogP contribution in [0.2, 0.25) is 0 Å². The number of halogens is 1. The van der Waals surface area contributed by atoms with Gasteiger partial charge < -0.3 is 0 Å². The molecule has 0 heterocycles. The lowest BCUT2D eigenvalue weighted by Gasteiger charge is -2.12. The highest BCUT2D eigenvalue weighted by Crippen LogP contribution is 2.22. The standard InChI is InChI=1S/C14H21F/c1-11(2)5-4-6-12(3)13-7-9-14(15)10-8-13/h7-12H,4-6H2,1-3H3. The number of rotatable bonds is 5. The molecular weight excluding hydrogens is 187 g/mol. The Hall–Kier alpha value is -0.850. The molecule has 84 valence electrons. The first kappa shape index (κ1) is 12.2. The molecule has 0 saturated heterocycles. The molecule has 0 radical (unpaired) electrons. The van der Waals surface area contributed by atoms with Gasteiger partial charge in [-0.3, -0.25) is 0 Å². The molecule has 1 aromatic rings. The molecule has 0 N–H and O–H groups in total. The maximum absolute atomic E-state index is 12.7. The van der Waals surface area contributed by atoms with Crippen LogP contribution in [0, 0.1) is 11.7 Å². The van der Waals surface area contributed by atoms with Crippen molar-refractivity contribution in [3.05, 3.63) is 35.6 Å². The number of benzene rings is 1. The van der Waals surface area contributed by atoms with Gasteiger partial charge >= 0.3 is 0 Å². The Balaban J connectivity index is 2.40. The van der Waals surface area contributed by atoms with Crippen molar-refractivity contribution in [2.75, 3.05) is 0 Å². The molecule has 0 aliphatic rings. The third-order valence-electron chi connectivity index (χ3n) is 2.86. The second-order valence-corrected chi connectivity index (χ2v) is 4.78. The normalized spacial score (nSPS) is 13.1. The van der Waals surface area contributed by atoms with Gasteiger partial charge in [-0.25, -0.2) is 4.39 Å². The molecule has 0 aromatic heterocycles. The SMILES string of the molecule is CC(C)CCCC(C)c1ccc(F)cc1. The van der Waals surface area contributed by atoms with Gasteiger partial charge in [0.05, 0.1) is 0 Å². The summed E-state index contributed by atoms with van der Waals surface area (Å²) >= 11 is 0. The molecule has 0 saturated carbocycles. The Morgan fingerprint density at radius 1 is 1.00 bits per heavy atom. The molecule has 1 aromatic carbocycles. The summed E-state index contributed by atoms with van der Waals surface area (Å²) in [7, 11) is 0. The second kappa shape index (κ2) is 5.89. The lowest BCUT2D eigenvalue weighted by Crippen LogP contribution is -1.95. The fourth-order valence-electron chi connectivity index (χ4n) is 1.79. The van der Waals surface area contributed by atoms with E-state index in [9.17, 15) is 4.39 Å². The van der Waals surface area contributed by atoms with Gasteiger partial charge in [-0.15, -0.1) is 0 Å². The van der Waals surface area contributed by atoms with Gasteiger partial charge in [-0.05, 0) is 36.0 Å². The van der Waals surface area contributed by atoms with Crippen molar-refractivity contribution < 1.29 is 4.39 Å². The summed E-state index contributed by atoms with van der Waals surface area (Å²) < 4.78 is 12.7. The van der Waals surface area contributed by atoms with Crippen LogP contribution >= 0.6 is 0 Å². The highest BCUT2D eigenvalue weighted by atomic mass is 19.1. The fourth-order valence-corrected chi connectivity index (χ4v) is 1.79. The molecule has 0 fully saturated rings. The highest BCUT2D eigenvalue weighted by Gasteiger charge is 2.05. The van der Waals surface area contributed by atoms with Gasteiger partial charge in [0.15, 0.2) is 0 Å². The van der Waals surface area contributed by atoms with Crippen molar-refractivity contribution in [3.8, 4) is 0 Å².